The zero-order chi connectivity index (χ0) is 13.0. The van der Waals surface area contributed by atoms with Gasteiger partial charge in [-0.05, 0) is 36.8 Å². The van der Waals surface area contributed by atoms with Gasteiger partial charge in [-0.2, -0.15) is 0 Å². The zero-order valence-corrected chi connectivity index (χ0v) is 10.0. The molecule has 2 rings (SSSR count). The molecule has 0 aliphatic heterocycles. The van der Waals surface area contributed by atoms with Crippen LogP contribution in [-0.2, 0) is 5.60 Å². The predicted molar refractivity (Wildman–Crippen MR) is 69.3 cm³/mol. The first-order valence-corrected chi connectivity index (χ1v) is 5.64. The SMILES string of the molecule is C[C@@](O)(C#Cc1ccccc1)c1ccc(F)cc1. The van der Waals surface area contributed by atoms with E-state index in [4.69, 9.17) is 0 Å². The van der Waals surface area contributed by atoms with E-state index in [-0.39, 0.29) is 5.82 Å². The Morgan fingerprint density at radius 1 is 1.00 bits per heavy atom. The van der Waals surface area contributed by atoms with E-state index >= 15 is 0 Å². The van der Waals surface area contributed by atoms with E-state index in [9.17, 15) is 9.50 Å². The van der Waals surface area contributed by atoms with Crippen molar-refractivity contribution in [3.63, 3.8) is 0 Å². The van der Waals surface area contributed by atoms with Gasteiger partial charge in [0, 0.05) is 5.56 Å². The molecule has 0 fully saturated rings. The van der Waals surface area contributed by atoms with Crippen LogP contribution in [0, 0.1) is 17.7 Å². The molecule has 0 amide bonds. The number of rotatable bonds is 1. The molecule has 0 saturated heterocycles. The lowest BCUT2D eigenvalue weighted by atomic mass is 9.96. The van der Waals surface area contributed by atoms with Crippen LogP contribution in [0.2, 0.25) is 0 Å². The first-order chi connectivity index (χ1) is 8.58. The Labute approximate surface area is 106 Å². The van der Waals surface area contributed by atoms with Gasteiger partial charge in [0.05, 0.1) is 0 Å². The van der Waals surface area contributed by atoms with Gasteiger partial charge in [-0.15, -0.1) is 0 Å². The second kappa shape index (κ2) is 5.03. The van der Waals surface area contributed by atoms with Crippen molar-refractivity contribution in [2.45, 2.75) is 12.5 Å². The highest BCUT2D eigenvalue weighted by Crippen LogP contribution is 2.19. The summed E-state index contributed by atoms with van der Waals surface area (Å²) in [6.07, 6.45) is 0. The van der Waals surface area contributed by atoms with Crippen molar-refractivity contribution >= 4 is 0 Å². The lowest BCUT2D eigenvalue weighted by Gasteiger charge is -2.16. The van der Waals surface area contributed by atoms with Crippen molar-refractivity contribution in [1.82, 2.24) is 0 Å². The molecule has 0 aliphatic carbocycles. The predicted octanol–water partition coefficient (Wildman–Crippen LogP) is 3.08. The smallest absolute Gasteiger partial charge is 0.148 e. The lowest BCUT2D eigenvalue weighted by Crippen LogP contribution is -2.18. The van der Waals surface area contributed by atoms with E-state index in [1.807, 2.05) is 30.3 Å². The van der Waals surface area contributed by atoms with Gasteiger partial charge < -0.3 is 5.11 Å². The van der Waals surface area contributed by atoms with E-state index in [0.29, 0.717) is 5.56 Å². The molecule has 0 spiro atoms. The molecule has 0 aliphatic rings. The van der Waals surface area contributed by atoms with Gasteiger partial charge in [-0.1, -0.05) is 42.2 Å². The Morgan fingerprint density at radius 2 is 1.61 bits per heavy atom. The Hall–Kier alpha value is -2.11. The van der Waals surface area contributed by atoms with E-state index in [2.05, 4.69) is 11.8 Å². The van der Waals surface area contributed by atoms with Crippen LogP contribution in [0.15, 0.2) is 54.6 Å². The molecule has 2 aromatic carbocycles. The van der Waals surface area contributed by atoms with Crippen molar-refractivity contribution in [2.75, 3.05) is 0 Å². The fourth-order valence-electron chi connectivity index (χ4n) is 1.56. The fourth-order valence-corrected chi connectivity index (χ4v) is 1.56. The molecule has 2 aromatic rings. The van der Waals surface area contributed by atoms with Crippen molar-refractivity contribution in [3.05, 3.63) is 71.5 Å². The van der Waals surface area contributed by atoms with E-state index < -0.39 is 5.60 Å². The average molecular weight is 240 g/mol. The average Bonchev–Trinajstić information content (AvgIpc) is 2.38. The van der Waals surface area contributed by atoms with Gasteiger partial charge in [-0.25, -0.2) is 4.39 Å². The topological polar surface area (TPSA) is 20.2 Å². The highest BCUT2D eigenvalue weighted by molar-refractivity contribution is 5.39. The number of hydrogen-bond acceptors (Lipinski definition) is 1. The van der Waals surface area contributed by atoms with Crippen LogP contribution in [0.25, 0.3) is 0 Å². The summed E-state index contributed by atoms with van der Waals surface area (Å²) in [4.78, 5) is 0. The van der Waals surface area contributed by atoms with Crippen LogP contribution in [-0.4, -0.2) is 5.11 Å². The second-order valence-electron chi connectivity index (χ2n) is 4.20. The summed E-state index contributed by atoms with van der Waals surface area (Å²) in [6.45, 7) is 1.59. The molecule has 0 radical (unpaired) electrons. The Bertz CT molecular complexity index is 574. The maximum absolute atomic E-state index is 12.8. The normalized spacial score (nSPS) is 13.3. The molecule has 90 valence electrons. The standard InChI is InChI=1S/C16H13FO/c1-16(18,14-7-9-15(17)10-8-14)12-11-13-5-3-2-4-6-13/h2-10,18H,1H3/t16-/m1/s1. The summed E-state index contributed by atoms with van der Waals surface area (Å²) < 4.78 is 12.8. The van der Waals surface area contributed by atoms with Crippen LogP contribution < -0.4 is 0 Å². The summed E-state index contributed by atoms with van der Waals surface area (Å²) >= 11 is 0. The first kappa shape index (κ1) is 12.3. The minimum atomic E-state index is -1.29. The van der Waals surface area contributed by atoms with Crippen molar-refractivity contribution in [1.29, 1.82) is 0 Å². The number of benzene rings is 2. The van der Waals surface area contributed by atoms with Gasteiger partial charge >= 0.3 is 0 Å². The number of halogens is 1. The third-order valence-electron chi connectivity index (χ3n) is 2.63. The fraction of sp³-hybridized carbons (Fsp3) is 0.125. The zero-order valence-electron chi connectivity index (χ0n) is 10.0. The summed E-state index contributed by atoms with van der Waals surface area (Å²) in [5.74, 6) is 5.37. The van der Waals surface area contributed by atoms with Gasteiger partial charge in [0.1, 0.15) is 11.4 Å². The molecular formula is C16H13FO. The van der Waals surface area contributed by atoms with E-state index in [1.54, 1.807) is 6.92 Å². The molecule has 2 heteroatoms. The molecule has 1 nitrogen and oxygen atoms in total. The number of hydrogen-bond donors (Lipinski definition) is 1. The lowest BCUT2D eigenvalue weighted by molar-refractivity contribution is 0.122. The molecule has 0 unspecified atom stereocenters. The van der Waals surface area contributed by atoms with Crippen LogP contribution in [0.4, 0.5) is 4.39 Å². The molecule has 0 heterocycles. The Morgan fingerprint density at radius 3 is 2.22 bits per heavy atom. The molecule has 18 heavy (non-hydrogen) atoms. The van der Waals surface area contributed by atoms with E-state index in [1.165, 1.54) is 24.3 Å². The van der Waals surface area contributed by atoms with Gasteiger partial charge in [0.2, 0.25) is 0 Å². The molecule has 1 atom stereocenters. The molecule has 0 bridgehead atoms. The summed E-state index contributed by atoms with van der Waals surface area (Å²) in [7, 11) is 0. The van der Waals surface area contributed by atoms with Crippen molar-refractivity contribution in [3.8, 4) is 11.8 Å². The Kier molecular flexibility index (Phi) is 3.45. The summed E-state index contributed by atoms with van der Waals surface area (Å²) in [5.41, 5.74) is 0.121. The van der Waals surface area contributed by atoms with Crippen molar-refractivity contribution in [2.24, 2.45) is 0 Å². The quantitative estimate of drug-likeness (QED) is 0.759. The first-order valence-electron chi connectivity index (χ1n) is 5.64. The van der Waals surface area contributed by atoms with E-state index in [0.717, 1.165) is 5.56 Å². The van der Waals surface area contributed by atoms with Crippen LogP contribution in [0.3, 0.4) is 0 Å². The largest absolute Gasteiger partial charge is 0.374 e. The maximum Gasteiger partial charge on any atom is 0.148 e. The Balaban J connectivity index is 2.27. The highest BCUT2D eigenvalue weighted by atomic mass is 19.1. The molecule has 0 saturated carbocycles. The van der Waals surface area contributed by atoms with Crippen LogP contribution in [0.1, 0.15) is 18.1 Å². The summed E-state index contributed by atoms with van der Waals surface area (Å²) in [5, 5.41) is 10.2. The minimum absolute atomic E-state index is 0.328. The number of aliphatic hydroxyl groups is 1. The third-order valence-corrected chi connectivity index (χ3v) is 2.63. The molecule has 1 N–H and O–H groups in total. The van der Waals surface area contributed by atoms with Gasteiger partial charge in [0.25, 0.3) is 0 Å². The van der Waals surface area contributed by atoms with Crippen LogP contribution in [0.5, 0.6) is 0 Å². The van der Waals surface area contributed by atoms with Crippen molar-refractivity contribution < 1.29 is 9.50 Å². The second-order valence-corrected chi connectivity index (χ2v) is 4.20. The highest BCUT2D eigenvalue weighted by Gasteiger charge is 2.19. The van der Waals surface area contributed by atoms with Crippen LogP contribution >= 0.6 is 0 Å². The van der Waals surface area contributed by atoms with Gasteiger partial charge in [-0.3, -0.25) is 0 Å². The van der Waals surface area contributed by atoms with Gasteiger partial charge in [0.15, 0.2) is 0 Å². The molecule has 0 aromatic heterocycles. The third kappa shape index (κ3) is 2.97. The molecular weight excluding hydrogens is 227 g/mol. The minimum Gasteiger partial charge on any atom is -0.374 e. The summed E-state index contributed by atoms with van der Waals surface area (Å²) in [6, 6.07) is 15.1. The maximum atomic E-state index is 12.8. The monoisotopic (exact) mass is 240 g/mol.